The van der Waals surface area contributed by atoms with Crippen molar-refractivity contribution in [2.45, 2.75) is 30.2 Å². The second kappa shape index (κ2) is 9.01. The summed E-state index contributed by atoms with van der Waals surface area (Å²) in [6.45, 7) is 6.02. The number of rotatable bonds is 7. The Bertz CT molecular complexity index is 724. The van der Waals surface area contributed by atoms with E-state index in [0.717, 1.165) is 45.0 Å². The molecule has 2 heterocycles. The molecule has 27 heavy (non-hydrogen) atoms. The normalized spacial score (nSPS) is 19.9. The number of piperidine rings is 1. The Morgan fingerprint density at radius 2 is 1.74 bits per heavy atom. The van der Waals surface area contributed by atoms with Crippen molar-refractivity contribution >= 4 is 21.7 Å². The third-order valence-corrected chi connectivity index (χ3v) is 6.76. The second-order valence-corrected chi connectivity index (χ2v) is 8.81. The Morgan fingerprint density at radius 1 is 1.11 bits per heavy atom. The van der Waals surface area contributed by atoms with Gasteiger partial charge in [-0.15, -0.1) is 0 Å². The molecule has 1 aromatic carbocycles. The van der Waals surface area contributed by atoms with Crippen molar-refractivity contribution in [1.82, 2.24) is 14.9 Å². The molecule has 0 spiro atoms. The number of aliphatic carboxylic acids is 1. The van der Waals surface area contributed by atoms with Crippen LogP contribution in [-0.4, -0.2) is 76.2 Å². The highest BCUT2D eigenvalue weighted by atomic mass is 32.2. The van der Waals surface area contributed by atoms with Crippen LogP contribution >= 0.6 is 0 Å². The van der Waals surface area contributed by atoms with E-state index in [2.05, 4.69) is 19.8 Å². The maximum atomic E-state index is 12.2. The van der Waals surface area contributed by atoms with Gasteiger partial charge in [0.25, 0.3) is 0 Å². The van der Waals surface area contributed by atoms with Crippen LogP contribution in [0, 0.1) is 0 Å². The standard InChI is InChI=1S/C18H28N4O4S/c23-18(24)7-10-20-27(25,26)17-3-1-15(2-4-17)21-11-13-22(14-12-21)16-5-8-19-9-6-16/h1-4,16,19-20H,5-14H2,(H,23,24). The summed E-state index contributed by atoms with van der Waals surface area (Å²) >= 11 is 0. The highest BCUT2D eigenvalue weighted by Crippen LogP contribution is 2.21. The van der Waals surface area contributed by atoms with Crippen LogP contribution in [0.15, 0.2) is 29.2 Å². The van der Waals surface area contributed by atoms with Crippen LogP contribution in [0.5, 0.6) is 0 Å². The molecule has 2 aliphatic heterocycles. The van der Waals surface area contributed by atoms with E-state index >= 15 is 0 Å². The number of carboxylic acid groups (broad SMARTS) is 1. The van der Waals surface area contributed by atoms with Gasteiger partial charge < -0.3 is 15.3 Å². The van der Waals surface area contributed by atoms with Crippen molar-refractivity contribution in [3.05, 3.63) is 24.3 Å². The summed E-state index contributed by atoms with van der Waals surface area (Å²) in [7, 11) is -3.67. The molecule has 2 aliphatic rings. The van der Waals surface area contributed by atoms with Gasteiger partial charge in [-0.1, -0.05) is 0 Å². The largest absolute Gasteiger partial charge is 0.481 e. The average Bonchev–Trinajstić information content (AvgIpc) is 2.68. The topological polar surface area (TPSA) is 102 Å². The van der Waals surface area contributed by atoms with Crippen LogP contribution in [0.25, 0.3) is 0 Å². The summed E-state index contributed by atoms with van der Waals surface area (Å²) in [5.41, 5.74) is 1.02. The zero-order valence-electron chi connectivity index (χ0n) is 15.4. The zero-order chi connectivity index (χ0) is 19.3. The summed E-state index contributed by atoms with van der Waals surface area (Å²) in [4.78, 5) is 15.5. The fourth-order valence-corrected chi connectivity index (χ4v) is 4.76. The smallest absolute Gasteiger partial charge is 0.304 e. The molecule has 3 N–H and O–H groups in total. The van der Waals surface area contributed by atoms with Crippen molar-refractivity contribution in [2.24, 2.45) is 0 Å². The molecule has 0 unspecified atom stereocenters. The van der Waals surface area contributed by atoms with Crippen LogP contribution < -0.4 is 14.9 Å². The van der Waals surface area contributed by atoms with Crippen molar-refractivity contribution in [3.63, 3.8) is 0 Å². The van der Waals surface area contributed by atoms with Crippen LogP contribution in [-0.2, 0) is 14.8 Å². The Morgan fingerprint density at radius 3 is 2.33 bits per heavy atom. The lowest BCUT2D eigenvalue weighted by molar-refractivity contribution is -0.136. The first-order valence-corrected chi connectivity index (χ1v) is 11.0. The summed E-state index contributed by atoms with van der Waals surface area (Å²) < 4.78 is 26.7. The molecule has 0 bridgehead atoms. The lowest BCUT2D eigenvalue weighted by Crippen LogP contribution is -2.52. The molecule has 9 heteroatoms. The predicted octanol–water partition coefficient (Wildman–Crippen LogP) is 0.314. The summed E-state index contributed by atoms with van der Waals surface area (Å²) in [5, 5.41) is 12.0. The molecule has 0 amide bonds. The first kappa shape index (κ1) is 20.1. The van der Waals surface area contributed by atoms with Gasteiger partial charge in [-0.05, 0) is 50.2 Å². The van der Waals surface area contributed by atoms with Gasteiger partial charge in [0.1, 0.15) is 0 Å². The zero-order valence-corrected chi connectivity index (χ0v) is 16.2. The van der Waals surface area contributed by atoms with Gasteiger partial charge in [0.15, 0.2) is 0 Å². The molecule has 0 aromatic heterocycles. The Labute approximate surface area is 160 Å². The quantitative estimate of drug-likeness (QED) is 0.610. The molecule has 0 aliphatic carbocycles. The summed E-state index contributed by atoms with van der Waals surface area (Å²) in [6, 6.07) is 7.49. The SMILES string of the molecule is O=C(O)CCNS(=O)(=O)c1ccc(N2CCN(C3CCNCC3)CC2)cc1. The van der Waals surface area contributed by atoms with Crippen molar-refractivity contribution in [2.75, 3.05) is 50.7 Å². The minimum atomic E-state index is -3.67. The maximum Gasteiger partial charge on any atom is 0.304 e. The first-order chi connectivity index (χ1) is 13.0. The molecule has 0 atom stereocenters. The summed E-state index contributed by atoms with van der Waals surface area (Å²) in [6.07, 6.45) is 2.18. The molecule has 2 fully saturated rings. The molecule has 2 saturated heterocycles. The second-order valence-electron chi connectivity index (χ2n) is 7.04. The molecule has 3 rings (SSSR count). The van der Waals surface area contributed by atoms with E-state index in [1.54, 1.807) is 12.1 Å². The van der Waals surface area contributed by atoms with Crippen LogP contribution in [0.2, 0.25) is 0 Å². The van der Waals surface area contributed by atoms with Crippen LogP contribution in [0.1, 0.15) is 19.3 Å². The van der Waals surface area contributed by atoms with Gasteiger partial charge in [-0.25, -0.2) is 13.1 Å². The Balaban J connectivity index is 1.54. The van der Waals surface area contributed by atoms with E-state index in [1.807, 2.05) is 12.1 Å². The van der Waals surface area contributed by atoms with Crippen LogP contribution in [0.3, 0.4) is 0 Å². The number of hydrogen-bond acceptors (Lipinski definition) is 6. The molecule has 1 aromatic rings. The van der Waals surface area contributed by atoms with E-state index in [-0.39, 0.29) is 17.9 Å². The molecule has 0 radical (unpaired) electrons. The number of carboxylic acids is 1. The van der Waals surface area contributed by atoms with E-state index in [9.17, 15) is 13.2 Å². The van der Waals surface area contributed by atoms with E-state index in [1.165, 1.54) is 12.8 Å². The van der Waals surface area contributed by atoms with Gasteiger partial charge in [0, 0.05) is 44.5 Å². The van der Waals surface area contributed by atoms with Crippen LogP contribution in [0.4, 0.5) is 5.69 Å². The van der Waals surface area contributed by atoms with Gasteiger partial charge in [0.2, 0.25) is 10.0 Å². The lowest BCUT2D eigenvalue weighted by Gasteiger charge is -2.41. The number of sulfonamides is 1. The number of benzene rings is 1. The maximum absolute atomic E-state index is 12.2. The number of carbonyl (C=O) groups is 1. The highest BCUT2D eigenvalue weighted by molar-refractivity contribution is 7.89. The molecule has 0 saturated carbocycles. The molecular formula is C18H28N4O4S. The monoisotopic (exact) mass is 396 g/mol. The highest BCUT2D eigenvalue weighted by Gasteiger charge is 2.25. The third kappa shape index (κ3) is 5.41. The number of hydrogen-bond donors (Lipinski definition) is 3. The van der Waals surface area contributed by atoms with Gasteiger partial charge >= 0.3 is 5.97 Å². The number of piperazine rings is 1. The van der Waals surface area contributed by atoms with E-state index < -0.39 is 16.0 Å². The summed E-state index contributed by atoms with van der Waals surface area (Å²) in [5.74, 6) is -1.03. The van der Waals surface area contributed by atoms with Crippen molar-refractivity contribution < 1.29 is 18.3 Å². The van der Waals surface area contributed by atoms with Gasteiger partial charge in [0.05, 0.1) is 11.3 Å². The Kier molecular flexibility index (Phi) is 6.69. The third-order valence-electron chi connectivity index (χ3n) is 5.28. The number of nitrogens with zero attached hydrogens (tertiary/aromatic N) is 2. The average molecular weight is 397 g/mol. The van der Waals surface area contributed by atoms with Crippen molar-refractivity contribution in [1.29, 1.82) is 0 Å². The fraction of sp³-hybridized carbons (Fsp3) is 0.611. The molecular weight excluding hydrogens is 368 g/mol. The van der Waals surface area contributed by atoms with Gasteiger partial charge in [-0.2, -0.15) is 0 Å². The van der Waals surface area contributed by atoms with E-state index in [4.69, 9.17) is 5.11 Å². The predicted molar refractivity (Wildman–Crippen MR) is 104 cm³/mol. The number of anilines is 1. The minimum absolute atomic E-state index is 0.113. The number of nitrogens with one attached hydrogen (secondary N) is 2. The first-order valence-electron chi connectivity index (χ1n) is 9.47. The van der Waals surface area contributed by atoms with E-state index in [0.29, 0.717) is 6.04 Å². The lowest BCUT2D eigenvalue weighted by atomic mass is 10.0. The molecule has 8 nitrogen and oxygen atoms in total. The van der Waals surface area contributed by atoms with Crippen molar-refractivity contribution in [3.8, 4) is 0 Å². The Hall–Kier alpha value is -1.68. The fourth-order valence-electron chi connectivity index (χ4n) is 3.73. The minimum Gasteiger partial charge on any atom is -0.481 e. The van der Waals surface area contributed by atoms with Gasteiger partial charge in [-0.3, -0.25) is 9.69 Å². The molecule has 150 valence electrons.